The van der Waals surface area contributed by atoms with Crippen LogP contribution in [0.15, 0.2) is 54.9 Å². The van der Waals surface area contributed by atoms with Gasteiger partial charge in [0.15, 0.2) is 12.4 Å². The second-order valence-electron chi connectivity index (χ2n) is 13.2. The third-order valence-electron chi connectivity index (χ3n) is 7.03. The average molecular weight is 676 g/mol. The first-order valence-electron chi connectivity index (χ1n) is 15.4. The Balaban J connectivity index is 0.00000768. The molecule has 0 spiro atoms. The molecule has 0 aliphatic carbocycles. The molecule has 3 unspecified atom stereocenters. The summed E-state index contributed by atoms with van der Waals surface area (Å²) in [5.74, 6) is -3.18. The zero-order valence-corrected chi connectivity index (χ0v) is 28.9. The predicted molar refractivity (Wildman–Crippen MR) is 166 cm³/mol. The summed E-state index contributed by atoms with van der Waals surface area (Å²) in [4.78, 5) is 66.4. The number of pyridine rings is 1. The number of nitrogens with zero attached hydrogens (tertiary/aromatic N) is 2. The second kappa shape index (κ2) is 17.1. The number of rotatable bonds is 10. The number of benzene rings is 1. The molecule has 2 amide bonds. The summed E-state index contributed by atoms with van der Waals surface area (Å²) in [6, 6.07) is 10.6. The predicted octanol–water partition coefficient (Wildman–Crippen LogP) is 1.06. The number of amides is 2. The molecule has 1 saturated heterocycles. The van der Waals surface area contributed by atoms with E-state index in [-0.39, 0.29) is 24.7 Å². The number of piperidine rings is 1. The van der Waals surface area contributed by atoms with Crippen molar-refractivity contribution in [2.24, 2.45) is 0 Å². The van der Waals surface area contributed by atoms with E-state index in [2.05, 4.69) is 5.32 Å². The van der Waals surface area contributed by atoms with Crippen LogP contribution in [-0.2, 0) is 40.1 Å². The smallest absolute Gasteiger partial charge is 0.414 e. The van der Waals surface area contributed by atoms with Gasteiger partial charge in [-0.15, -0.1) is 0 Å². The third kappa shape index (κ3) is 12.2. The van der Waals surface area contributed by atoms with Gasteiger partial charge < -0.3 is 41.6 Å². The van der Waals surface area contributed by atoms with Crippen molar-refractivity contribution < 1.29 is 59.9 Å². The van der Waals surface area contributed by atoms with Crippen LogP contribution in [-0.4, -0.2) is 71.7 Å². The number of carbonyl (C=O) groups excluding carboxylic acids is 5. The van der Waals surface area contributed by atoms with E-state index >= 15 is 0 Å². The zero-order chi connectivity index (χ0) is 34.1. The highest BCUT2D eigenvalue weighted by atomic mass is 35.5. The van der Waals surface area contributed by atoms with Gasteiger partial charge in [-0.25, -0.2) is 9.59 Å². The Bertz CT molecular complexity index is 1390. The Hall–Kier alpha value is -4.19. The summed E-state index contributed by atoms with van der Waals surface area (Å²) in [5.41, 5.74) is -0.720. The molecule has 13 heteroatoms. The molecule has 0 saturated carbocycles. The highest BCUT2D eigenvalue weighted by Gasteiger charge is 2.39. The minimum atomic E-state index is -1.29. The van der Waals surface area contributed by atoms with Crippen LogP contribution >= 0.6 is 0 Å². The van der Waals surface area contributed by atoms with Crippen molar-refractivity contribution in [2.45, 2.75) is 103 Å². The molecule has 0 radical (unpaired) electrons. The van der Waals surface area contributed by atoms with Gasteiger partial charge in [-0.05, 0) is 72.4 Å². The summed E-state index contributed by atoms with van der Waals surface area (Å²) >= 11 is 0. The first-order valence-corrected chi connectivity index (χ1v) is 15.4. The molecule has 1 aliphatic heterocycles. The quantitative estimate of drug-likeness (QED) is 0.222. The fraction of sp³-hybridized carbons (Fsp3) is 0.529. The van der Waals surface area contributed by atoms with Crippen molar-refractivity contribution in [2.75, 3.05) is 13.7 Å². The number of ether oxygens (including phenoxy) is 4. The summed E-state index contributed by atoms with van der Waals surface area (Å²) < 4.78 is 23.0. The lowest BCUT2D eigenvalue weighted by Gasteiger charge is -2.38. The Morgan fingerprint density at radius 3 is 2.19 bits per heavy atom. The van der Waals surface area contributed by atoms with Gasteiger partial charge in [0, 0.05) is 12.6 Å². The number of nitrogens with one attached hydrogen (secondary N) is 1. The Morgan fingerprint density at radius 1 is 0.915 bits per heavy atom. The number of esters is 3. The van der Waals surface area contributed by atoms with E-state index in [4.69, 9.17) is 18.9 Å². The Morgan fingerprint density at radius 2 is 1.57 bits per heavy atom. The number of halogens is 1. The molecule has 258 valence electrons. The largest absolute Gasteiger partial charge is 1.00 e. The number of methoxy groups -OCH3 is 1. The number of likely N-dealkylation sites (tertiary alicyclic amines) is 1. The zero-order valence-electron chi connectivity index (χ0n) is 28.1. The van der Waals surface area contributed by atoms with Gasteiger partial charge in [0.1, 0.15) is 28.7 Å². The summed E-state index contributed by atoms with van der Waals surface area (Å²) in [5, 5.41) is 2.58. The number of carbonyl (C=O) groups is 5. The van der Waals surface area contributed by atoms with Crippen molar-refractivity contribution in [1.29, 1.82) is 0 Å². The monoisotopic (exact) mass is 675 g/mol. The van der Waals surface area contributed by atoms with Gasteiger partial charge in [0.05, 0.1) is 19.6 Å². The number of hydrogen-bond acceptors (Lipinski definition) is 9. The van der Waals surface area contributed by atoms with Crippen molar-refractivity contribution in [3.05, 3.63) is 66.0 Å². The van der Waals surface area contributed by atoms with E-state index in [1.54, 1.807) is 58.7 Å². The van der Waals surface area contributed by atoms with E-state index in [9.17, 15) is 24.0 Å². The lowest BCUT2D eigenvalue weighted by atomic mass is 9.85. The van der Waals surface area contributed by atoms with Crippen LogP contribution in [0.5, 0.6) is 0 Å². The highest BCUT2D eigenvalue weighted by Crippen LogP contribution is 2.32. The van der Waals surface area contributed by atoms with Crippen LogP contribution in [0.4, 0.5) is 4.79 Å². The van der Waals surface area contributed by atoms with Crippen LogP contribution in [0, 0.1) is 0 Å². The minimum Gasteiger partial charge on any atom is -1.00 e. The summed E-state index contributed by atoms with van der Waals surface area (Å²) in [6.07, 6.45) is 4.27. The van der Waals surface area contributed by atoms with E-state index in [1.165, 1.54) is 23.9 Å². The van der Waals surface area contributed by atoms with Crippen LogP contribution in [0.1, 0.15) is 89.1 Å². The maximum Gasteiger partial charge on any atom is 0.414 e. The molecule has 1 N–H and O–H groups in total. The van der Waals surface area contributed by atoms with Crippen LogP contribution in [0.3, 0.4) is 0 Å². The molecule has 1 aliphatic rings. The van der Waals surface area contributed by atoms with Gasteiger partial charge in [-0.3, -0.25) is 14.4 Å². The molecule has 12 nitrogen and oxygen atoms in total. The van der Waals surface area contributed by atoms with E-state index in [0.29, 0.717) is 13.0 Å². The van der Waals surface area contributed by atoms with Crippen LogP contribution < -0.4 is 22.3 Å². The standard InChI is InChI=1S/C34H45N3O9.ClH/c1-33(2,3)45-27(38)20-25(30(40)46-34(4,5)6)35-29(39)24-16-13-18-36(21-24)22-44-32(42)37-19-12-11-17-26(37)28(31(41)43-7)23-14-9-8-10-15-23;/h8-10,13-16,18,21,25-26,28H,11-12,17,19-20,22H2,1-7H3;1H. The maximum absolute atomic E-state index is 13.3. The molecule has 3 rings (SSSR count). The van der Waals surface area contributed by atoms with Crippen molar-refractivity contribution in [3.63, 3.8) is 0 Å². The molecule has 1 fully saturated rings. The van der Waals surface area contributed by atoms with Gasteiger partial charge in [-0.2, -0.15) is 4.57 Å². The molecule has 1 aromatic heterocycles. The van der Waals surface area contributed by atoms with Gasteiger partial charge >= 0.3 is 24.0 Å². The summed E-state index contributed by atoms with van der Waals surface area (Å²) in [7, 11) is 1.33. The maximum atomic E-state index is 13.3. The SMILES string of the molecule is COC(=O)C(c1ccccc1)C1CCCCN1C(=O)OC[n+]1cccc(C(=O)NC(CC(=O)OC(C)(C)C)C(=O)OC(C)(C)C)c1.[Cl-]. The van der Waals surface area contributed by atoms with Crippen molar-refractivity contribution >= 4 is 29.9 Å². The minimum absolute atomic E-state index is 0. The molecule has 0 bridgehead atoms. The molecule has 47 heavy (non-hydrogen) atoms. The second-order valence-corrected chi connectivity index (χ2v) is 13.2. The highest BCUT2D eigenvalue weighted by molar-refractivity contribution is 5.97. The molecular formula is C34H46ClN3O9. The van der Waals surface area contributed by atoms with Gasteiger partial charge in [0.25, 0.3) is 12.6 Å². The van der Waals surface area contributed by atoms with E-state index in [1.807, 2.05) is 30.3 Å². The lowest BCUT2D eigenvalue weighted by Crippen LogP contribution is -3.00. The first kappa shape index (κ1) is 39.0. The lowest BCUT2D eigenvalue weighted by molar-refractivity contribution is -0.727. The Labute approximate surface area is 282 Å². The molecule has 1 aromatic carbocycles. The fourth-order valence-electron chi connectivity index (χ4n) is 5.14. The molecular weight excluding hydrogens is 630 g/mol. The van der Waals surface area contributed by atoms with Gasteiger partial charge in [-0.1, -0.05) is 30.3 Å². The summed E-state index contributed by atoms with van der Waals surface area (Å²) in [6.45, 7) is 10.4. The van der Waals surface area contributed by atoms with Gasteiger partial charge in [0.2, 0.25) is 0 Å². The third-order valence-corrected chi connectivity index (χ3v) is 7.03. The number of hydrogen-bond donors (Lipinski definition) is 1. The molecule has 2 heterocycles. The fourth-order valence-corrected chi connectivity index (χ4v) is 5.14. The van der Waals surface area contributed by atoms with E-state index < -0.39 is 65.5 Å². The topological polar surface area (TPSA) is 141 Å². The van der Waals surface area contributed by atoms with Crippen molar-refractivity contribution in [1.82, 2.24) is 10.2 Å². The average Bonchev–Trinajstić information content (AvgIpc) is 2.98. The first-order chi connectivity index (χ1) is 21.6. The molecule has 2 aromatic rings. The normalized spacial score (nSPS) is 16.1. The molecule has 3 atom stereocenters. The number of aromatic nitrogens is 1. The van der Waals surface area contributed by atoms with E-state index in [0.717, 1.165) is 18.4 Å². The van der Waals surface area contributed by atoms with Crippen molar-refractivity contribution in [3.8, 4) is 0 Å². The van der Waals surface area contributed by atoms with Crippen LogP contribution in [0.25, 0.3) is 0 Å². The van der Waals surface area contributed by atoms with Crippen LogP contribution in [0.2, 0.25) is 0 Å². The Kier molecular flexibility index (Phi) is 14.2.